The Labute approximate surface area is 149 Å². The fourth-order valence-corrected chi connectivity index (χ4v) is 2.53. The van der Waals surface area contributed by atoms with Gasteiger partial charge in [0.05, 0.1) is 5.92 Å². The minimum atomic E-state index is -0.893. The molecule has 1 aromatic rings. The van der Waals surface area contributed by atoms with E-state index in [0.29, 0.717) is 18.5 Å². The lowest BCUT2D eigenvalue weighted by Crippen LogP contribution is -2.33. The van der Waals surface area contributed by atoms with Gasteiger partial charge in [-0.3, -0.25) is 14.4 Å². The smallest absolute Gasteiger partial charge is 0.308 e. The number of nitrogens with one attached hydrogen (secondary N) is 1. The summed E-state index contributed by atoms with van der Waals surface area (Å²) in [5.41, 5.74) is 1.41. The molecular weight excluding hydrogens is 320 g/mol. The summed E-state index contributed by atoms with van der Waals surface area (Å²) in [5, 5.41) is 11.8. The van der Waals surface area contributed by atoms with Crippen LogP contribution in [0.4, 0.5) is 0 Å². The monoisotopic (exact) mass is 348 g/mol. The number of benzene rings is 1. The molecule has 138 valence electrons. The van der Waals surface area contributed by atoms with Crippen molar-refractivity contribution >= 4 is 17.8 Å². The molecule has 1 unspecified atom stereocenters. The van der Waals surface area contributed by atoms with Crippen molar-refractivity contribution in [1.82, 2.24) is 10.2 Å². The zero-order valence-electron chi connectivity index (χ0n) is 15.4. The van der Waals surface area contributed by atoms with Gasteiger partial charge in [-0.15, -0.1) is 0 Å². The Morgan fingerprint density at radius 2 is 1.76 bits per heavy atom. The number of hydrogen-bond acceptors (Lipinski definition) is 3. The van der Waals surface area contributed by atoms with Gasteiger partial charge in [-0.25, -0.2) is 0 Å². The van der Waals surface area contributed by atoms with Crippen LogP contribution in [0.1, 0.15) is 49.5 Å². The molecule has 0 aliphatic carbocycles. The maximum atomic E-state index is 12.1. The number of rotatable bonds is 9. The minimum Gasteiger partial charge on any atom is -0.481 e. The average molecular weight is 348 g/mol. The Morgan fingerprint density at radius 3 is 2.24 bits per heavy atom. The van der Waals surface area contributed by atoms with Crippen LogP contribution in [0.15, 0.2) is 24.3 Å². The second-order valence-electron chi connectivity index (χ2n) is 6.58. The molecule has 25 heavy (non-hydrogen) atoms. The summed E-state index contributed by atoms with van der Waals surface area (Å²) in [6.07, 6.45) is 1.29. The molecule has 0 aromatic heterocycles. The van der Waals surface area contributed by atoms with Gasteiger partial charge in [-0.05, 0) is 24.1 Å². The summed E-state index contributed by atoms with van der Waals surface area (Å²) in [4.78, 5) is 36.8. The van der Waals surface area contributed by atoms with Crippen molar-refractivity contribution in [3.05, 3.63) is 35.4 Å². The molecule has 0 bridgehead atoms. The molecule has 0 spiro atoms. The average Bonchev–Trinajstić information content (AvgIpc) is 2.57. The zero-order valence-corrected chi connectivity index (χ0v) is 15.4. The highest BCUT2D eigenvalue weighted by Gasteiger charge is 2.18. The van der Waals surface area contributed by atoms with E-state index in [1.807, 2.05) is 20.8 Å². The standard InChI is InChI=1S/C19H28N2O4/c1-5-6-16(19(24)25)11-20-17(22)15-9-7-14(8-10-15)12-21(4)18(23)13(2)3/h7-10,13,16H,5-6,11-12H2,1-4H3,(H,20,22)(H,24,25). The van der Waals surface area contributed by atoms with Crippen molar-refractivity contribution in [3.8, 4) is 0 Å². The summed E-state index contributed by atoms with van der Waals surface area (Å²) in [6, 6.07) is 6.99. The summed E-state index contributed by atoms with van der Waals surface area (Å²) < 4.78 is 0. The van der Waals surface area contributed by atoms with Gasteiger partial charge in [0.1, 0.15) is 0 Å². The fraction of sp³-hybridized carbons (Fsp3) is 0.526. The quantitative estimate of drug-likeness (QED) is 0.718. The van der Waals surface area contributed by atoms with Crippen molar-refractivity contribution in [2.45, 2.75) is 40.2 Å². The molecule has 1 atom stereocenters. The lowest BCUT2D eigenvalue weighted by Gasteiger charge is -2.19. The molecule has 0 radical (unpaired) electrons. The van der Waals surface area contributed by atoms with Crippen LogP contribution in [-0.2, 0) is 16.1 Å². The van der Waals surface area contributed by atoms with E-state index >= 15 is 0 Å². The number of carboxylic acid groups (broad SMARTS) is 1. The van der Waals surface area contributed by atoms with E-state index in [2.05, 4.69) is 5.32 Å². The number of carboxylic acids is 1. The van der Waals surface area contributed by atoms with E-state index in [1.54, 1.807) is 36.2 Å². The van der Waals surface area contributed by atoms with Gasteiger partial charge in [0, 0.05) is 31.6 Å². The number of carbonyl (C=O) groups excluding carboxylic acids is 2. The first-order valence-electron chi connectivity index (χ1n) is 8.61. The molecule has 0 saturated heterocycles. The highest BCUT2D eigenvalue weighted by atomic mass is 16.4. The Hall–Kier alpha value is -2.37. The summed E-state index contributed by atoms with van der Waals surface area (Å²) in [5.74, 6) is -1.74. The predicted octanol–water partition coefficient (Wildman–Crippen LogP) is 2.53. The highest BCUT2D eigenvalue weighted by molar-refractivity contribution is 5.94. The number of hydrogen-bond donors (Lipinski definition) is 2. The molecule has 0 fully saturated rings. The van der Waals surface area contributed by atoms with Gasteiger partial charge in [0.25, 0.3) is 5.91 Å². The third-order valence-electron chi connectivity index (χ3n) is 4.00. The molecule has 2 N–H and O–H groups in total. The molecular formula is C19H28N2O4. The summed E-state index contributed by atoms with van der Waals surface area (Å²) in [7, 11) is 1.75. The van der Waals surface area contributed by atoms with Crippen LogP contribution in [0.2, 0.25) is 0 Å². The van der Waals surface area contributed by atoms with E-state index in [0.717, 1.165) is 12.0 Å². The van der Waals surface area contributed by atoms with Crippen LogP contribution in [0.25, 0.3) is 0 Å². The van der Waals surface area contributed by atoms with Crippen LogP contribution in [0, 0.1) is 11.8 Å². The van der Waals surface area contributed by atoms with Crippen molar-refractivity contribution < 1.29 is 19.5 Å². The van der Waals surface area contributed by atoms with Gasteiger partial charge in [0.2, 0.25) is 5.91 Å². The second kappa shape index (κ2) is 9.81. The normalized spacial score (nSPS) is 11.9. The minimum absolute atomic E-state index is 0.0552. The lowest BCUT2D eigenvalue weighted by atomic mass is 10.0. The molecule has 0 heterocycles. The zero-order chi connectivity index (χ0) is 19.0. The van der Waals surface area contributed by atoms with Crippen LogP contribution in [-0.4, -0.2) is 41.4 Å². The van der Waals surface area contributed by atoms with Gasteiger partial charge in [-0.2, -0.15) is 0 Å². The Kier molecular flexibility index (Phi) is 8.11. The van der Waals surface area contributed by atoms with Crippen molar-refractivity contribution in [2.24, 2.45) is 11.8 Å². The fourth-order valence-electron chi connectivity index (χ4n) is 2.53. The molecule has 1 rings (SSSR count). The van der Waals surface area contributed by atoms with E-state index in [-0.39, 0.29) is 24.3 Å². The number of aliphatic carboxylic acids is 1. The molecule has 0 aliphatic heterocycles. The Balaban J connectivity index is 2.62. The summed E-state index contributed by atoms with van der Waals surface area (Å²) in [6.45, 7) is 6.23. The third-order valence-corrected chi connectivity index (χ3v) is 4.00. The Bertz CT molecular complexity index is 596. The van der Waals surface area contributed by atoms with Gasteiger partial charge < -0.3 is 15.3 Å². The largest absolute Gasteiger partial charge is 0.481 e. The van der Waals surface area contributed by atoms with E-state index in [1.165, 1.54) is 0 Å². The maximum absolute atomic E-state index is 12.1. The summed E-state index contributed by atoms with van der Waals surface area (Å²) >= 11 is 0. The van der Waals surface area contributed by atoms with Gasteiger partial charge in [0.15, 0.2) is 0 Å². The van der Waals surface area contributed by atoms with E-state index in [4.69, 9.17) is 5.11 Å². The van der Waals surface area contributed by atoms with Crippen molar-refractivity contribution in [1.29, 1.82) is 0 Å². The van der Waals surface area contributed by atoms with Crippen LogP contribution >= 0.6 is 0 Å². The SMILES string of the molecule is CCCC(CNC(=O)c1ccc(CN(C)C(=O)C(C)C)cc1)C(=O)O. The first-order valence-corrected chi connectivity index (χ1v) is 8.61. The molecule has 0 saturated carbocycles. The van der Waals surface area contributed by atoms with Gasteiger partial charge in [-0.1, -0.05) is 39.3 Å². The van der Waals surface area contributed by atoms with Crippen LogP contribution in [0.5, 0.6) is 0 Å². The molecule has 2 amide bonds. The second-order valence-corrected chi connectivity index (χ2v) is 6.58. The Morgan fingerprint density at radius 1 is 1.16 bits per heavy atom. The van der Waals surface area contributed by atoms with Crippen LogP contribution < -0.4 is 5.32 Å². The predicted molar refractivity (Wildman–Crippen MR) is 96.1 cm³/mol. The van der Waals surface area contributed by atoms with Crippen molar-refractivity contribution in [2.75, 3.05) is 13.6 Å². The first kappa shape index (κ1) is 20.7. The lowest BCUT2D eigenvalue weighted by molar-refractivity contribution is -0.141. The number of nitrogens with zero attached hydrogens (tertiary/aromatic N) is 1. The first-order chi connectivity index (χ1) is 11.8. The maximum Gasteiger partial charge on any atom is 0.308 e. The molecule has 6 heteroatoms. The third kappa shape index (κ3) is 6.57. The molecule has 6 nitrogen and oxygen atoms in total. The van der Waals surface area contributed by atoms with E-state index in [9.17, 15) is 14.4 Å². The number of amides is 2. The topological polar surface area (TPSA) is 86.7 Å². The molecule has 0 aliphatic rings. The van der Waals surface area contributed by atoms with E-state index < -0.39 is 11.9 Å². The number of carbonyl (C=O) groups is 3. The van der Waals surface area contributed by atoms with Crippen molar-refractivity contribution in [3.63, 3.8) is 0 Å². The highest BCUT2D eigenvalue weighted by Crippen LogP contribution is 2.10. The van der Waals surface area contributed by atoms with Gasteiger partial charge >= 0.3 is 5.97 Å². The van der Waals surface area contributed by atoms with Crippen LogP contribution in [0.3, 0.4) is 0 Å². The molecule has 1 aromatic carbocycles.